The number of carbonyl (C=O) groups is 1. The van der Waals surface area contributed by atoms with Crippen LogP contribution in [0.5, 0.6) is 5.75 Å². The Morgan fingerprint density at radius 2 is 1.67 bits per heavy atom. The van der Waals surface area contributed by atoms with Crippen molar-refractivity contribution in [1.82, 2.24) is 15.1 Å². The van der Waals surface area contributed by atoms with Crippen molar-refractivity contribution in [2.75, 3.05) is 46.2 Å². The minimum atomic E-state index is -0.185. The van der Waals surface area contributed by atoms with Crippen molar-refractivity contribution in [3.8, 4) is 5.75 Å². The number of hydrogen-bond donors (Lipinski definition) is 2. The molecule has 5 nitrogen and oxygen atoms in total. The van der Waals surface area contributed by atoms with Crippen LogP contribution < -0.4 is 5.32 Å². The fraction of sp³-hybridized carbons (Fsp3) is 0.625. The van der Waals surface area contributed by atoms with E-state index in [9.17, 15) is 9.90 Å². The van der Waals surface area contributed by atoms with Crippen LogP contribution in [0.15, 0.2) is 17.0 Å². The first kappa shape index (κ1) is 24.8. The van der Waals surface area contributed by atoms with E-state index in [1.165, 1.54) is 0 Å². The first-order valence-electron chi connectivity index (χ1n) is 10.7. The van der Waals surface area contributed by atoms with Gasteiger partial charge in [0, 0.05) is 37.3 Å². The van der Waals surface area contributed by atoms with E-state index in [4.69, 9.17) is 0 Å². The number of likely N-dealkylation sites (N-methyl/N-ethyl adjacent to an activating group) is 1. The summed E-state index contributed by atoms with van der Waals surface area (Å²) in [5.74, 6) is 1.15. The third-order valence-electron chi connectivity index (χ3n) is 5.21. The van der Waals surface area contributed by atoms with Crippen molar-refractivity contribution < 1.29 is 9.90 Å². The molecular formula is C24H39N3O2S. The molecule has 0 saturated carbocycles. The van der Waals surface area contributed by atoms with E-state index in [0.29, 0.717) is 18.2 Å². The maximum Gasteiger partial charge on any atom is 0.261 e. The zero-order valence-corrected chi connectivity index (χ0v) is 20.7. The van der Waals surface area contributed by atoms with Crippen LogP contribution in [0.25, 0.3) is 6.08 Å². The van der Waals surface area contributed by atoms with Gasteiger partial charge in [-0.15, -0.1) is 0 Å². The van der Waals surface area contributed by atoms with Gasteiger partial charge in [0.15, 0.2) is 0 Å². The monoisotopic (exact) mass is 433 g/mol. The normalized spacial score (nSPS) is 16.9. The number of carbonyl (C=O) groups excluding carboxylic acids is 1. The van der Waals surface area contributed by atoms with E-state index in [1.54, 1.807) is 11.8 Å². The molecule has 2 rings (SSSR count). The Balaban J connectivity index is 2.19. The Morgan fingerprint density at radius 3 is 2.17 bits per heavy atom. The number of benzene rings is 1. The summed E-state index contributed by atoms with van der Waals surface area (Å²) in [6.45, 7) is 16.0. The molecule has 1 fully saturated rings. The second-order valence-electron chi connectivity index (χ2n) is 10.4. The number of rotatable bonds is 7. The maximum atomic E-state index is 12.9. The van der Waals surface area contributed by atoms with Gasteiger partial charge in [0.2, 0.25) is 0 Å². The van der Waals surface area contributed by atoms with Crippen molar-refractivity contribution in [3.63, 3.8) is 0 Å². The summed E-state index contributed by atoms with van der Waals surface area (Å²) in [4.78, 5) is 17.7. The summed E-state index contributed by atoms with van der Waals surface area (Å²) in [7, 11) is 4.11. The molecule has 0 atom stereocenters. The second-order valence-corrected chi connectivity index (χ2v) is 11.4. The Kier molecular flexibility index (Phi) is 8.05. The van der Waals surface area contributed by atoms with E-state index in [2.05, 4.69) is 65.9 Å². The fourth-order valence-corrected chi connectivity index (χ4v) is 4.38. The van der Waals surface area contributed by atoms with Crippen LogP contribution in [0, 0.1) is 0 Å². The predicted molar refractivity (Wildman–Crippen MR) is 129 cm³/mol. The summed E-state index contributed by atoms with van der Waals surface area (Å²) >= 11 is 1.59. The highest BCUT2D eigenvalue weighted by Gasteiger charge is 2.29. The number of hydrogen-bond acceptors (Lipinski definition) is 5. The molecule has 168 valence electrons. The van der Waals surface area contributed by atoms with Gasteiger partial charge < -0.3 is 20.2 Å². The smallest absolute Gasteiger partial charge is 0.261 e. The molecule has 6 heteroatoms. The molecule has 2 N–H and O–H groups in total. The lowest BCUT2D eigenvalue weighted by molar-refractivity contribution is -0.124. The number of phenolic OH excluding ortho intramolecular Hbond substituents is 1. The van der Waals surface area contributed by atoms with Crippen molar-refractivity contribution in [2.45, 2.75) is 52.4 Å². The van der Waals surface area contributed by atoms with Crippen LogP contribution in [0.2, 0.25) is 0 Å². The molecule has 0 bridgehead atoms. The number of aromatic hydroxyl groups is 1. The molecule has 30 heavy (non-hydrogen) atoms. The quantitative estimate of drug-likeness (QED) is 0.503. The van der Waals surface area contributed by atoms with Crippen LogP contribution in [0.1, 0.15) is 58.2 Å². The van der Waals surface area contributed by atoms with Gasteiger partial charge in [-0.2, -0.15) is 0 Å². The molecule has 0 unspecified atom stereocenters. The van der Waals surface area contributed by atoms with Gasteiger partial charge >= 0.3 is 0 Å². The standard InChI is InChI=1S/C24H39N3O2S/c1-23(2,3)18-13-17(14-19(21(18)28)24(4,5)6)15-20-22(29)27(16-30-20)12-10-25-9-11-26(7)8/h13-15,25,28H,9-12,16H2,1-8H3/b20-15-. The van der Waals surface area contributed by atoms with Gasteiger partial charge in [-0.1, -0.05) is 53.3 Å². The lowest BCUT2D eigenvalue weighted by Gasteiger charge is -2.28. The Morgan fingerprint density at radius 1 is 1.10 bits per heavy atom. The summed E-state index contributed by atoms with van der Waals surface area (Å²) < 4.78 is 0. The topological polar surface area (TPSA) is 55.8 Å². The molecule has 0 radical (unpaired) electrons. The highest BCUT2D eigenvalue weighted by atomic mass is 32.2. The minimum Gasteiger partial charge on any atom is -0.507 e. The molecule has 0 aromatic heterocycles. The fourth-order valence-electron chi connectivity index (χ4n) is 3.37. The zero-order chi connectivity index (χ0) is 22.7. The van der Waals surface area contributed by atoms with Gasteiger partial charge in [0.1, 0.15) is 5.75 Å². The first-order chi connectivity index (χ1) is 13.8. The molecule has 0 aliphatic carbocycles. The Bertz CT molecular complexity index is 754. The summed E-state index contributed by atoms with van der Waals surface area (Å²) in [5.41, 5.74) is 2.44. The van der Waals surface area contributed by atoms with E-state index < -0.39 is 0 Å². The third-order valence-corrected chi connectivity index (χ3v) is 6.26. The van der Waals surface area contributed by atoms with Crippen molar-refractivity contribution in [2.24, 2.45) is 0 Å². The molecule has 1 saturated heterocycles. The number of amides is 1. The molecule has 1 heterocycles. The molecular weight excluding hydrogens is 394 g/mol. The van der Waals surface area contributed by atoms with Gasteiger partial charge in [-0.25, -0.2) is 0 Å². The molecule has 1 amide bonds. The first-order valence-corrected chi connectivity index (χ1v) is 11.7. The van der Waals surface area contributed by atoms with Crippen molar-refractivity contribution in [3.05, 3.63) is 33.7 Å². The largest absolute Gasteiger partial charge is 0.507 e. The molecule has 1 aliphatic heterocycles. The lowest BCUT2D eigenvalue weighted by Crippen LogP contribution is -2.35. The molecule has 1 aromatic carbocycles. The number of nitrogens with one attached hydrogen (secondary N) is 1. The average Bonchev–Trinajstić information content (AvgIpc) is 2.94. The van der Waals surface area contributed by atoms with Crippen molar-refractivity contribution >= 4 is 23.7 Å². The third kappa shape index (κ3) is 6.50. The zero-order valence-electron chi connectivity index (χ0n) is 19.9. The van der Waals surface area contributed by atoms with Crippen LogP contribution in [-0.4, -0.2) is 67.0 Å². The summed E-state index contributed by atoms with van der Waals surface area (Å²) in [6.07, 6.45) is 1.98. The van der Waals surface area contributed by atoms with E-state index in [0.717, 1.165) is 41.2 Å². The minimum absolute atomic E-state index is 0.0945. The van der Waals surface area contributed by atoms with Gasteiger partial charge in [0.25, 0.3) is 5.91 Å². The van der Waals surface area contributed by atoms with E-state index in [-0.39, 0.29) is 16.7 Å². The predicted octanol–water partition coefficient (Wildman–Crippen LogP) is 4.01. The molecule has 0 spiro atoms. The maximum absolute atomic E-state index is 12.9. The Labute approximate surface area is 186 Å². The molecule has 1 aromatic rings. The van der Waals surface area contributed by atoms with E-state index >= 15 is 0 Å². The van der Waals surface area contributed by atoms with Crippen LogP contribution in [-0.2, 0) is 15.6 Å². The van der Waals surface area contributed by atoms with Gasteiger partial charge in [-0.05, 0) is 48.7 Å². The number of thioether (sulfide) groups is 1. The van der Waals surface area contributed by atoms with Crippen LogP contribution in [0.3, 0.4) is 0 Å². The second kappa shape index (κ2) is 9.75. The lowest BCUT2D eigenvalue weighted by atomic mass is 9.78. The van der Waals surface area contributed by atoms with E-state index in [1.807, 2.05) is 23.1 Å². The number of phenols is 1. The summed E-state index contributed by atoms with van der Waals surface area (Å²) in [6, 6.07) is 4.05. The summed E-state index contributed by atoms with van der Waals surface area (Å²) in [5, 5.41) is 14.3. The van der Waals surface area contributed by atoms with Crippen LogP contribution in [0.4, 0.5) is 0 Å². The van der Waals surface area contributed by atoms with Crippen molar-refractivity contribution in [1.29, 1.82) is 0 Å². The van der Waals surface area contributed by atoms with Crippen LogP contribution >= 0.6 is 11.8 Å². The number of nitrogens with zero attached hydrogens (tertiary/aromatic N) is 2. The Hall–Kier alpha value is -1.50. The average molecular weight is 434 g/mol. The van der Waals surface area contributed by atoms with Gasteiger partial charge in [-0.3, -0.25) is 4.79 Å². The highest BCUT2D eigenvalue weighted by Crippen LogP contribution is 2.41. The SMILES string of the molecule is CN(C)CCNCCN1CS/C(=C\c2cc(C(C)(C)C)c(O)c(C(C)(C)C)c2)C1=O. The highest BCUT2D eigenvalue weighted by molar-refractivity contribution is 8.04. The van der Waals surface area contributed by atoms with Gasteiger partial charge in [0.05, 0.1) is 10.8 Å². The molecule has 1 aliphatic rings.